The van der Waals surface area contributed by atoms with Crippen molar-refractivity contribution in [1.29, 1.82) is 0 Å². The van der Waals surface area contributed by atoms with E-state index in [4.69, 9.17) is 5.73 Å². The Bertz CT molecular complexity index is 681. The molecule has 2 N–H and O–H groups in total. The van der Waals surface area contributed by atoms with Crippen molar-refractivity contribution in [3.63, 3.8) is 0 Å². The summed E-state index contributed by atoms with van der Waals surface area (Å²) in [5.74, 6) is 0.219. The highest BCUT2D eigenvalue weighted by Gasteiger charge is 2.22. The largest absolute Gasteiger partial charge is 0.334 e. The minimum absolute atomic E-state index is 0.0384. The van der Waals surface area contributed by atoms with E-state index >= 15 is 0 Å². The molecule has 3 rings (SSSR count). The first kappa shape index (κ1) is 15.8. The number of fused-ring (bicyclic) bond motifs is 1. The Balaban J connectivity index is 1.65. The zero-order valence-corrected chi connectivity index (χ0v) is 13.7. The SMILES string of the molecule is CCC(=O)N1Cc2ccc(C(N)CCc3ccccc3)cc2C1. The van der Waals surface area contributed by atoms with Gasteiger partial charge in [0.25, 0.3) is 0 Å². The molecule has 2 aromatic carbocycles. The van der Waals surface area contributed by atoms with E-state index in [-0.39, 0.29) is 11.9 Å². The molecule has 23 heavy (non-hydrogen) atoms. The van der Waals surface area contributed by atoms with Crippen LogP contribution in [0.3, 0.4) is 0 Å². The number of nitrogens with zero attached hydrogens (tertiary/aromatic N) is 1. The number of amides is 1. The monoisotopic (exact) mass is 308 g/mol. The van der Waals surface area contributed by atoms with Gasteiger partial charge in [0.05, 0.1) is 0 Å². The van der Waals surface area contributed by atoms with Gasteiger partial charge in [-0.3, -0.25) is 4.79 Å². The maximum absolute atomic E-state index is 11.9. The van der Waals surface area contributed by atoms with Crippen LogP contribution in [0.5, 0.6) is 0 Å². The lowest BCUT2D eigenvalue weighted by Gasteiger charge is -2.14. The van der Waals surface area contributed by atoms with Gasteiger partial charge >= 0.3 is 0 Å². The average molecular weight is 308 g/mol. The molecule has 1 aliphatic rings. The Kier molecular flexibility index (Phi) is 4.77. The predicted octanol–water partition coefficient (Wildman–Crippen LogP) is 3.57. The molecule has 1 unspecified atom stereocenters. The molecule has 0 aromatic heterocycles. The molecule has 0 fully saturated rings. The summed E-state index contributed by atoms with van der Waals surface area (Å²) in [6.45, 7) is 3.37. The second kappa shape index (κ2) is 6.97. The van der Waals surface area contributed by atoms with E-state index in [1.165, 1.54) is 22.3 Å². The van der Waals surface area contributed by atoms with Gasteiger partial charge in [0.2, 0.25) is 5.91 Å². The second-order valence-electron chi connectivity index (χ2n) is 6.26. The third kappa shape index (κ3) is 3.62. The topological polar surface area (TPSA) is 46.3 Å². The van der Waals surface area contributed by atoms with Crippen molar-refractivity contribution in [3.8, 4) is 0 Å². The zero-order chi connectivity index (χ0) is 16.2. The van der Waals surface area contributed by atoms with Gasteiger partial charge in [0, 0.05) is 25.6 Å². The van der Waals surface area contributed by atoms with E-state index in [2.05, 4.69) is 42.5 Å². The van der Waals surface area contributed by atoms with Crippen molar-refractivity contribution >= 4 is 5.91 Å². The second-order valence-corrected chi connectivity index (χ2v) is 6.26. The fraction of sp³-hybridized carbons (Fsp3) is 0.350. The van der Waals surface area contributed by atoms with Crippen LogP contribution in [0, 0.1) is 0 Å². The lowest BCUT2D eigenvalue weighted by Crippen LogP contribution is -2.23. The lowest BCUT2D eigenvalue weighted by atomic mass is 9.97. The van der Waals surface area contributed by atoms with Crippen LogP contribution < -0.4 is 5.73 Å². The Hall–Kier alpha value is -2.13. The molecule has 0 bridgehead atoms. The zero-order valence-electron chi connectivity index (χ0n) is 13.7. The number of carbonyl (C=O) groups is 1. The van der Waals surface area contributed by atoms with Crippen LogP contribution in [0.4, 0.5) is 0 Å². The summed E-state index contributed by atoms with van der Waals surface area (Å²) in [6.07, 6.45) is 2.48. The standard InChI is InChI=1S/C20H24N2O/c1-2-20(23)22-13-17-10-9-16(12-18(17)14-22)19(21)11-8-15-6-4-3-5-7-15/h3-7,9-10,12,19H,2,8,11,13-14,21H2,1H3. The number of carbonyl (C=O) groups excluding carboxylic acids is 1. The van der Waals surface area contributed by atoms with E-state index in [1.54, 1.807) is 0 Å². The highest BCUT2D eigenvalue weighted by Crippen LogP contribution is 2.27. The van der Waals surface area contributed by atoms with Gasteiger partial charge in [0.1, 0.15) is 0 Å². The van der Waals surface area contributed by atoms with E-state index in [1.807, 2.05) is 17.9 Å². The van der Waals surface area contributed by atoms with Crippen LogP contribution >= 0.6 is 0 Å². The fourth-order valence-electron chi connectivity index (χ4n) is 3.18. The number of hydrogen-bond donors (Lipinski definition) is 1. The first-order valence-electron chi connectivity index (χ1n) is 8.36. The van der Waals surface area contributed by atoms with E-state index < -0.39 is 0 Å². The molecule has 0 saturated carbocycles. The maximum Gasteiger partial charge on any atom is 0.222 e. The van der Waals surface area contributed by atoms with Crippen LogP contribution in [0.15, 0.2) is 48.5 Å². The molecule has 1 amide bonds. The van der Waals surface area contributed by atoms with Crippen molar-refractivity contribution in [1.82, 2.24) is 4.90 Å². The molecule has 3 heteroatoms. The van der Waals surface area contributed by atoms with Crippen molar-refractivity contribution in [2.45, 2.75) is 45.3 Å². The van der Waals surface area contributed by atoms with E-state index in [0.29, 0.717) is 6.42 Å². The van der Waals surface area contributed by atoms with Gasteiger partial charge in [-0.1, -0.05) is 55.5 Å². The minimum atomic E-state index is 0.0384. The third-order valence-corrected chi connectivity index (χ3v) is 4.62. The lowest BCUT2D eigenvalue weighted by molar-refractivity contribution is -0.131. The molecular formula is C20H24N2O. The number of benzene rings is 2. The van der Waals surface area contributed by atoms with Crippen LogP contribution in [-0.2, 0) is 24.3 Å². The molecule has 0 saturated heterocycles. The van der Waals surface area contributed by atoms with Gasteiger partial charge in [-0.25, -0.2) is 0 Å². The summed E-state index contributed by atoms with van der Waals surface area (Å²) >= 11 is 0. The van der Waals surface area contributed by atoms with Crippen LogP contribution in [-0.4, -0.2) is 10.8 Å². The van der Waals surface area contributed by atoms with Crippen molar-refractivity contribution in [2.75, 3.05) is 0 Å². The highest BCUT2D eigenvalue weighted by atomic mass is 16.2. The van der Waals surface area contributed by atoms with Gasteiger partial charge in [-0.05, 0) is 35.1 Å². The summed E-state index contributed by atoms with van der Waals surface area (Å²) in [4.78, 5) is 13.8. The highest BCUT2D eigenvalue weighted by molar-refractivity contribution is 5.76. The number of nitrogens with two attached hydrogens (primary N) is 1. The molecule has 0 radical (unpaired) electrons. The first-order chi connectivity index (χ1) is 11.2. The molecular weight excluding hydrogens is 284 g/mol. The van der Waals surface area contributed by atoms with Crippen LogP contribution in [0.25, 0.3) is 0 Å². The molecule has 3 nitrogen and oxygen atoms in total. The quantitative estimate of drug-likeness (QED) is 0.918. The first-order valence-corrected chi connectivity index (χ1v) is 8.36. The molecule has 1 atom stereocenters. The Morgan fingerprint density at radius 1 is 1.13 bits per heavy atom. The predicted molar refractivity (Wildman–Crippen MR) is 92.7 cm³/mol. The average Bonchev–Trinajstić information content (AvgIpc) is 3.03. The summed E-state index contributed by atoms with van der Waals surface area (Å²) in [7, 11) is 0. The van der Waals surface area contributed by atoms with Gasteiger partial charge < -0.3 is 10.6 Å². The van der Waals surface area contributed by atoms with E-state index in [9.17, 15) is 4.79 Å². The Morgan fingerprint density at radius 2 is 1.87 bits per heavy atom. The molecule has 120 valence electrons. The van der Waals surface area contributed by atoms with E-state index in [0.717, 1.165) is 25.9 Å². The number of aryl methyl sites for hydroxylation is 1. The summed E-state index contributed by atoms with van der Waals surface area (Å²) < 4.78 is 0. The molecule has 2 aromatic rings. The smallest absolute Gasteiger partial charge is 0.222 e. The number of hydrogen-bond acceptors (Lipinski definition) is 2. The van der Waals surface area contributed by atoms with Crippen molar-refractivity contribution in [2.24, 2.45) is 5.73 Å². The maximum atomic E-state index is 11.9. The fourth-order valence-corrected chi connectivity index (χ4v) is 3.18. The van der Waals surface area contributed by atoms with Crippen molar-refractivity contribution in [3.05, 3.63) is 70.8 Å². The van der Waals surface area contributed by atoms with Crippen LogP contribution in [0.1, 0.15) is 48.1 Å². The summed E-state index contributed by atoms with van der Waals surface area (Å²) in [6, 6.07) is 16.9. The molecule has 1 aliphatic heterocycles. The number of rotatable bonds is 5. The normalized spacial score (nSPS) is 14.6. The summed E-state index contributed by atoms with van der Waals surface area (Å²) in [5.41, 5.74) is 11.4. The summed E-state index contributed by atoms with van der Waals surface area (Å²) in [5, 5.41) is 0. The van der Waals surface area contributed by atoms with Gasteiger partial charge in [-0.2, -0.15) is 0 Å². The molecule has 0 spiro atoms. The Morgan fingerprint density at radius 3 is 2.61 bits per heavy atom. The van der Waals surface area contributed by atoms with Crippen LogP contribution in [0.2, 0.25) is 0 Å². The van der Waals surface area contributed by atoms with Gasteiger partial charge in [0.15, 0.2) is 0 Å². The van der Waals surface area contributed by atoms with Crippen molar-refractivity contribution < 1.29 is 4.79 Å². The molecule has 1 heterocycles. The molecule has 0 aliphatic carbocycles. The minimum Gasteiger partial charge on any atom is -0.334 e. The Labute approximate surface area is 138 Å². The van der Waals surface area contributed by atoms with Gasteiger partial charge in [-0.15, -0.1) is 0 Å². The third-order valence-electron chi connectivity index (χ3n) is 4.62.